The van der Waals surface area contributed by atoms with E-state index in [-0.39, 0.29) is 0 Å². The van der Waals surface area contributed by atoms with E-state index in [0.29, 0.717) is 6.61 Å². The van der Waals surface area contributed by atoms with Gasteiger partial charge in [0.25, 0.3) is 0 Å². The average Bonchev–Trinajstić information content (AvgIpc) is 2.60. The first-order valence-corrected chi connectivity index (χ1v) is 9.30. The summed E-state index contributed by atoms with van der Waals surface area (Å²) in [5.74, 6) is 1.88. The molecule has 0 radical (unpaired) electrons. The van der Waals surface area contributed by atoms with Gasteiger partial charge in [-0.05, 0) is 76.9 Å². The molecule has 1 aromatic rings. The number of unbranched alkanes of at least 4 members (excludes halogenated alkanes) is 2. The van der Waals surface area contributed by atoms with E-state index in [4.69, 9.17) is 9.47 Å². The molecule has 0 aliphatic heterocycles. The predicted molar refractivity (Wildman–Crippen MR) is 109 cm³/mol. The summed E-state index contributed by atoms with van der Waals surface area (Å²) in [7, 11) is 3.65. The van der Waals surface area contributed by atoms with Gasteiger partial charge in [-0.1, -0.05) is 17.3 Å². The van der Waals surface area contributed by atoms with Crippen molar-refractivity contribution in [2.75, 3.05) is 40.5 Å². The molecule has 0 unspecified atom stereocenters. The number of aryl methyl sites for hydroxylation is 2. The summed E-state index contributed by atoms with van der Waals surface area (Å²) in [6.07, 6.45) is 9.11. The van der Waals surface area contributed by atoms with Crippen LogP contribution in [-0.2, 0) is 4.84 Å². The fourth-order valence-corrected chi connectivity index (χ4v) is 2.64. The molecule has 0 spiro atoms. The molecule has 0 saturated heterocycles. The summed E-state index contributed by atoms with van der Waals surface area (Å²) >= 11 is 0. The van der Waals surface area contributed by atoms with Crippen molar-refractivity contribution in [1.82, 2.24) is 4.90 Å². The van der Waals surface area contributed by atoms with Crippen LogP contribution in [0.5, 0.6) is 11.5 Å². The third-order valence-electron chi connectivity index (χ3n) is 4.02. The zero-order chi connectivity index (χ0) is 19.2. The monoisotopic (exact) mass is 362 g/mol. The lowest BCUT2D eigenvalue weighted by atomic mass is 10.1. The summed E-state index contributed by atoms with van der Waals surface area (Å²) < 4.78 is 11.7. The maximum atomic E-state index is 6.01. The smallest absolute Gasteiger partial charge is 0.125 e. The fraction of sp³-hybridized carbons (Fsp3) is 0.571. The Hall–Kier alpha value is -2.01. The van der Waals surface area contributed by atoms with Crippen molar-refractivity contribution in [3.05, 3.63) is 35.4 Å². The minimum absolute atomic E-state index is 0.599. The first-order valence-electron chi connectivity index (χ1n) is 9.30. The zero-order valence-corrected chi connectivity index (χ0v) is 17.0. The lowest BCUT2D eigenvalue weighted by Gasteiger charge is -2.15. The maximum absolute atomic E-state index is 6.01. The molecule has 0 saturated carbocycles. The van der Waals surface area contributed by atoms with Gasteiger partial charge < -0.3 is 19.2 Å². The second kappa shape index (κ2) is 13.2. The van der Waals surface area contributed by atoms with Crippen molar-refractivity contribution in [3.8, 4) is 11.5 Å². The van der Waals surface area contributed by atoms with Crippen LogP contribution in [0.2, 0.25) is 0 Å². The van der Waals surface area contributed by atoms with Gasteiger partial charge in [-0.15, -0.1) is 0 Å². The van der Waals surface area contributed by atoms with Crippen LogP contribution >= 0.6 is 0 Å². The van der Waals surface area contributed by atoms with E-state index in [1.807, 2.05) is 31.2 Å². The molecule has 5 heteroatoms. The van der Waals surface area contributed by atoms with E-state index >= 15 is 0 Å². The van der Waals surface area contributed by atoms with Crippen molar-refractivity contribution >= 4 is 6.21 Å². The number of nitrogens with zero attached hydrogens (tertiary/aromatic N) is 2. The molecule has 0 amide bonds. The fourth-order valence-electron chi connectivity index (χ4n) is 2.64. The second-order valence-corrected chi connectivity index (χ2v) is 6.41. The molecule has 0 bridgehead atoms. The molecule has 0 aliphatic rings. The molecule has 0 aliphatic carbocycles. The van der Waals surface area contributed by atoms with Crippen LogP contribution in [0.15, 0.2) is 29.4 Å². The zero-order valence-electron chi connectivity index (χ0n) is 17.0. The van der Waals surface area contributed by atoms with E-state index in [2.05, 4.69) is 35.8 Å². The van der Waals surface area contributed by atoms with Crippen molar-refractivity contribution in [1.29, 1.82) is 0 Å². The predicted octanol–water partition coefficient (Wildman–Crippen LogP) is 4.37. The molecule has 5 nitrogen and oxygen atoms in total. The molecule has 1 rings (SSSR count). The van der Waals surface area contributed by atoms with Gasteiger partial charge >= 0.3 is 0 Å². The highest BCUT2D eigenvalue weighted by Crippen LogP contribution is 2.28. The van der Waals surface area contributed by atoms with Crippen LogP contribution in [0, 0.1) is 13.8 Å². The number of allylic oxidation sites excluding steroid dienone is 1. The summed E-state index contributed by atoms with van der Waals surface area (Å²) in [6.45, 7) is 9.33. The number of oxime groups is 1. The molecule has 26 heavy (non-hydrogen) atoms. The van der Waals surface area contributed by atoms with Crippen LogP contribution < -0.4 is 9.47 Å². The van der Waals surface area contributed by atoms with Crippen LogP contribution in [0.3, 0.4) is 0 Å². The third-order valence-corrected chi connectivity index (χ3v) is 4.02. The van der Waals surface area contributed by atoms with Crippen molar-refractivity contribution in [2.45, 2.75) is 40.0 Å². The molecule has 0 aromatic heterocycles. The molecule has 0 N–H and O–H groups in total. The number of benzene rings is 1. The van der Waals surface area contributed by atoms with Crippen molar-refractivity contribution < 1.29 is 14.3 Å². The Labute approximate surface area is 158 Å². The van der Waals surface area contributed by atoms with Gasteiger partial charge in [0.1, 0.15) is 25.2 Å². The minimum atomic E-state index is 0.599. The van der Waals surface area contributed by atoms with E-state index in [1.165, 1.54) is 0 Å². The summed E-state index contributed by atoms with van der Waals surface area (Å²) in [5.41, 5.74) is 2.25. The van der Waals surface area contributed by atoms with Crippen LogP contribution in [0.1, 0.15) is 37.3 Å². The third kappa shape index (κ3) is 8.90. The lowest BCUT2D eigenvalue weighted by molar-refractivity contribution is 0.213. The van der Waals surface area contributed by atoms with Crippen LogP contribution in [-0.4, -0.2) is 51.6 Å². The number of ether oxygens (including phenoxy) is 2. The second-order valence-electron chi connectivity index (χ2n) is 6.41. The number of hydrogen-bond acceptors (Lipinski definition) is 5. The van der Waals surface area contributed by atoms with Gasteiger partial charge in [0, 0.05) is 6.54 Å². The average molecular weight is 363 g/mol. The Balaban J connectivity index is 2.29. The van der Waals surface area contributed by atoms with E-state index in [0.717, 1.165) is 61.6 Å². The number of hydrogen-bond donors (Lipinski definition) is 0. The molecule has 1 aromatic carbocycles. The van der Waals surface area contributed by atoms with Crippen molar-refractivity contribution in [3.63, 3.8) is 0 Å². The van der Waals surface area contributed by atoms with Crippen molar-refractivity contribution in [2.24, 2.45) is 5.16 Å². The highest BCUT2D eigenvalue weighted by Gasteiger charge is 2.07. The van der Waals surface area contributed by atoms with E-state index in [9.17, 15) is 0 Å². The largest absolute Gasteiger partial charge is 0.493 e. The Morgan fingerprint density at radius 3 is 2.46 bits per heavy atom. The molecule has 146 valence electrons. The van der Waals surface area contributed by atoms with E-state index in [1.54, 1.807) is 13.3 Å². The molecule has 0 fully saturated rings. The van der Waals surface area contributed by atoms with Crippen LogP contribution in [0.25, 0.3) is 0 Å². The Bertz CT molecular complexity index is 547. The molecular weight excluding hydrogens is 328 g/mol. The summed E-state index contributed by atoms with van der Waals surface area (Å²) in [4.78, 5) is 6.88. The first-order chi connectivity index (χ1) is 12.6. The lowest BCUT2D eigenvalue weighted by Crippen LogP contribution is -2.21. The van der Waals surface area contributed by atoms with Gasteiger partial charge in [0.15, 0.2) is 0 Å². The topological polar surface area (TPSA) is 43.3 Å². The van der Waals surface area contributed by atoms with Crippen LogP contribution in [0.4, 0.5) is 0 Å². The summed E-state index contributed by atoms with van der Waals surface area (Å²) in [5, 5.41) is 3.75. The Kier molecular flexibility index (Phi) is 11.2. The maximum Gasteiger partial charge on any atom is 0.125 e. The standard InChI is InChI=1S/C21H34N2O3/c1-6-7-14-25-20-16-18(2)21(19(3)17-20)26-15-10-8-9-12-23(4)13-11-22-24-5/h6-7,11,16-17H,8-10,12-15H2,1-5H3/b7-6+,22-11?. The quantitative estimate of drug-likeness (QED) is 0.226. The van der Waals surface area contributed by atoms with Gasteiger partial charge in [-0.3, -0.25) is 0 Å². The SMILES string of the molecule is C/C=C/COc1cc(C)c(OCCCCCN(C)CC=NOC)c(C)c1. The number of rotatable bonds is 13. The Morgan fingerprint density at radius 1 is 1.08 bits per heavy atom. The Morgan fingerprint density at radius 2 is 1.81 bits per heavy atom. The normalized spacial score (nSPS) is 11.6. The summed E-state index contributed by atoms with van der Waals surface area (Å²) in [6, 6.07) is 4.09. The van der Waals surface area contributed by atoms with Gasteiger partial charge in [0.2, 0.25) is 0 Å². The van der Waals surface area contributed by atoms with Gasteiger partial charge in [-0.2, -0.15) is 0 Å². The molecule has 0 heterocycles. The highest BCUT2D eigenvalue weighted by molar-refractivity contribution is 5.58. The van der Waals surface area contributed by atoms with Gasteiger partial charge in [-0.25, -0.2) is 0 Å². The molecular formula is C21H34N2O3. The van der Waals surface area contributed by atoms with E-state index < -0.39 is 0 Å². The van der Waals surface area contributed by atoms with Gasteiger partial charge in [0.05, 0.1) is 12.8 Å². The highest BCUT2D eigenvalue weighted by atomic mass is 16.6. The first kappa shape index (κ1) is 22.0. The molecule has 0 atom stereocenters. The minimum Gasteiger partial charge on any atom is -0.493 e.